The molecule has 0 saturated carbocycles. The molecule has 22 heavy (non-hydrogen) atoms. The number of carboxylic acids is 1. The summed E-state index contributed by atoms with van der Waals surface area (Å²) in [5.41, 5.74) is -1.25. The van der Waals surface area contributed by atoms with Crippen molar-refractivity contribution in [3.05, 3.63) is 23.8 Å². The Balaban J connectivity index is 3.00. The van der Waals surface area contributed by atoms with Crippen molar-refractivity contribution >= 4 is 11.9 Å². The van der Waals surface area contributed by atoms with Gasteiger partial charge in [-0.15, -0.1) is 0 Å². The Hall–Kier alpha value is -2.28. The fourth-order valence-electron chi connectivity index (χ4n) is 1.85. The molecule has 0 aliphatic rings. The van der Waals surface area contributed by atoms with Crippen LogP contribution in [0.2, 0.25) is 0 Å². The van der Waals surface area contributed by atoms with Crippen molar-refractivity contribution in [2.45, 2.75) is 19.4 Å². The summed E-state index contributed by atoms with van der Waals surface area (Å²) < 4.78 is 15.4. The summed E-state index contributed by atoms with van der Waals surface area (Å²) in [4.78, 5) is 23.6. The predicted octanol–water partition coefficient (Wildman–Crippen LogP) is 1.31. The minimum atomic E-state index is -1.52. The van der Waals surface area contributed by atoms with Crippen molar-refractivity contribution in [1.29, 1.82) is 0 Å². The normalized spacial score (nSPS) is 13.1. The topological polar surface area (TPSA) is 94.1 Å². The lowest BCUT2D eigenvalue weighted by atomic mass is 10.0. The van der Waals surface area contributed by atoms with Crippen LogP contribution in [0.4, 0.5) is 0 Å². The van der Waals surface area contributed by atoms with Crippen LogP contribution >= 0.6 is 0 Å². The number of nitrogens with one attached hydrogen (secondary N) is 1. The van der Waals surface area contributed by atoms with Gasteiger partial charge in [0, 0.05) is 12.7 Å². The molecule has 7 nitrogen and oxygen atoms in total. The molecule has 1 aromatic rings. The van der Waals surface area contributed by atoms with Crippen molar-refractivity contribution in [1.82, 2.24) is 5.32 Å². The van der Waals surface area contributed by atoms with Crippen LogP contribution in [-0.2, 0) is 9.53 Å². The standard InChI is InChI=1S/C15H21NO6/c1-5-22-11-7-6-10(8-12(11)21-4)13(17)16-15(2,9-20-3)14(18)19/h6-8H,5,9H2,1-4H3,(H,16,17)(H,18,19). The average Bonchev–Trinajstić information content (AvgIpc) is 2.47. The number of ether oxygens (including phenoxy) is 3. The number of methoxy groups -OCH3 is 2. The number of benzene rings is 1. The van der Waals surface area contributed by atoms with E-state index in [1.165, 1.54) is 33.3 Å². The van der Waals surface area contributed by atoms with Gasteiger partial charge in [-0.25, -0.2) is 4.79 Å². The summed E-state index contributed by atoms with van der Waals surface area (Å²) in [5.74, 6) is -0.804. The molecule has 0 saturated heterocycles. The maximum atomic E-state index is 12.3. The van der Waals surface area contributed by atoms with Crippen LogP contribution in [0.3, 0.4) is 0 Å². The molecule has 7 heteroatoms. The number of aliphatic carboxylic acids is 1. The van der Waals surface area contributed by atoms with Gasteiger partial charge in [0.25, 0.3) is 5.91 Å². The Morgan fingerprint density at radius 3 is 2.45 bits per heavy atom. The number of hydrogen-bond donors (Lipinski definition) is 2. The third-order valence-corrected chi connectivity index (χ3v) is 3.02. The van der Waals surface area contributed by atoms with E-state index in [2.05, 4.69) is 5.32 Å². The lowest BCUT2D eigenvalue weighted by molar-refractivity contribution is -0.145. The molecule has 1 unspecified atom stereocenters. The second-order valence-corrected chi connectivity index (χ2v) is 4.82. The van der Waals surface area contributed by atoms with E-state index >= 15 is 0 Å². The zero-order valence-electron chi connectivity index (χ0n) is 13.1. The molecule has 1 rings (SSSR count). The van der Waals surface area contributed by atoms with Crippen LogP contribution in [0, 0.1) is 0 Å². The minimum Gasteiger partial charge on any atom is -0.493 e. The largest absolute Gasteiger partial charge is 0.493 e. The van der Waals surface area contributed by atoms with Crippen LogP contribution in [0.15, 0.2) is 18.2 Å². The van der Waals surface area contributed by atoms with Crippen molar-refractivity contribution in [2.24, 2.45) is 0 Å². The third-order valence-electron chi connectivity index (χ3n) is 3.02. The molecule has 0 aliphatic carbocycles. The van der Waals surface area contributed by atoms with E-state index in [0.717, 1.165) is 0 Å². The molecule has 0 spiro atoms. The van der Waals surface area contributed by atoms with Gasteiger partial charge in [0.15, 0.2) is 17.0 Å². The summed E-state index contributed by atoms with van der Waals surface area (Å²) in [6.07, 6.45) is 0. The zero-order valence-corrected chi connectivity index (χ0v) is 13.1. The van der Waals surface area contributed by atoms with Gasteiger partial charge < -0.3 is 24.6 Å². The summed E-state index contributed by atoms with van der Waals surface area (Å²) in [6.45, 7) is 3.53. The molecule has 122 valence electrons. The Kier molecular flexibility index (Phi) is 6.18. The molecule has 0 aromatic heterocycles. The molecule has 1 atom stereocenters. The van der Waals surface area contributed by atoms with E-state index in [0.29, 0.717) is 18.1 Å². The number of amides is 1. The molecule has 0 radical (unpaired) electrons. The number of rotatable bonds is 8. The maximum Gasteiger partial charge on any atom is 0.331 e. The summed E-state index contributed by atoms with van der Waals surface area (Å²) in [6, 6.07) is 4.64. The van der Waals surface area contributed by atoms with Crippen molar-refractivity contribution in [3.8, 4) is 11.5 Å². The predicted molar refractivity (Wildman–Crippen MR) is 79.5 cm³/mol. The van der Waals surface area contributed by atoms with Crippen LogP contribution < -0.4 is 14.8 Å². The van der Waals surface area contributed by atoms with Crippen LogP contribution in [0.25, 0.3) is 0 Å². The molecule has 0 bridgehead atoms. The van der Waals surface area contributed by atoms with Gasteiger partial charge in [0.05, 0.1) is 20.3 Å². The third kappa shape index (κ3) is 4.11. The second-order valence-electron chi connectivity index (χ2n) is 4.82. The van der Waals surface area contributed by atoms with Gasteiger partial charge in [0.1, 0.15) is 0 Å². The minimum absolute atomic E-state index is 0.151. The first-order valence-electron chi connectivity index (χ1n) is 6.73. The van der Waals surface area contributed by atoms with Crippen molar-refractivity contribution in [3.63, 3.8) is 0 Å². The lowest BCUT2D eigenvalue weighted by Gasteiger charge is -2.25. The van der Waals surface area contributed by atoms with E-state index < -0.39 is 17.4 Å². The van der Waals surface area contributed by atoms with Gasteiger partial charge in [-0.3, -0.25) is 4.79 Å². The monoisotopic (exact) mass is 311 g/mol. The molecule has 0 fully saturated rings. The number of carbonyl (C=O) groups is 2. The quantitative estimate of drug-likeness (QED) is 0.752. The van der Waals surface area contributed by atoms with Crippen molar-refractivity contribution in [2.75, 3.05) is 27.4 Å². The van der Waals surface area contributed by atoms with Crippen molar-refractivity contribution < 1.29 is 28.9 Å². The first kappa shape index (κ1) is 17.8. The molecule has 1 aromatic carbocycles. The highest BCUT2D eigenvalue weighted by Gasteiger charge is 2.35. The van der Waals surface area contributed by atoms with E-state index in [-0.39, 0.29) is 12.2 Å². The van der Waals surface area contributed by atoms with E-state index in [9.17, 15) is 14.7 Å². The molecule has 0 aliphatic heterocycles. The highest BCUT2D eigenvalue weighted by atomic mass is 16.5. The smallest absolute Gasteiger partial charge is 0.331 e. The molecular weight excluding hydrogens is 290 g/mol. The average molecular weight is 311 g/mol. The van der Waals surface area contributed by atoms with Gasteiger partial charge in [-0.1, -0.05) is 0 Å². The Morgan fingerprint density at radius 1 is 1.27 bits per heavy atom. The van der Waals surface area contributed by atoms with Gasteiger partial charge in [0.2, 0.25) is 0 Å². The fraction of sp³-hybridized carbons (Fsp3) is 0.467. The Labute approximate surface area is 129 Å². The first-order valence-corrected chi connectivity index (χ1v) is 6.73. The maximum absolute atomic E-state index is 12.3. The summed E-state index contributed by atoms with van der Waals surface area (Å²) in [5, 5.41) is 11.7. The Bertz CT molecular complexity index is 545. The molecule has 0 heterocycles. The number of carbonyl (C=O) groups excluding carboxylic acids is 1. The van der Waals surface area contributed by atoms with Gasteiger partial charge in [-0.05, 0) is 32.0 Å². The fourth-order valence-corrected chi connectivity index (χ4v) is 1.85. The van der Waals surface area contributed by atoms with Crippen LogP contribution in [-0.4, -0.2) is 50.0 Å². The lowest BCUT2D eigenvalue weighted by Crippen LogP contribution is -2.55. The summed E-state index contributed by atoms with van der Waals surface area (Å²) >= 11 is 0. The van der Waals surface area contributed by atoms with Crippen LogP contribution in [0.5, 0.6) is 11.5 Å². The zero-order chi connectivity index (χ0) is 16.8. The Morgan fingerprint density at radius 2 is 1.95 bits per heavy atom. The van der Waals surface area contributed by atoms with E-state index in [4.69, 9.17) is 14.2 Å². The molecular formula is C15H21NO6. The summed E-state index contributed by atoms with van der Waals surface area (Å²) in [7, 11) is 2.83. The van der Waals surface area contributed by atoms with Gasteiger partial charge >= 0.3 is 5.97 Å². The number of carboxylic acid groups (broad SMARTS) is 1. The first-order chi connectivity index (χ1) is 10.4. The van der Waals surface area contributed by atoms with Gasteiger partial charge in [-0.2, -0.15) is 0 Å². The van der Waals surface area contributed by atoms with E-state index in [1.807, 2.05) is 6.92 Å². The highest BCUT2D eigenvalue weighted by Crippen LogP contribution is 2.28. The second kappa shape index (κ2) is 7.65. The molecule has 1 amide bonds. The van der Waals surface area contributed by atoms with E-state index in [1.54, 1.807) is 6.07 Å². The highest BCUT2D eigenvalue weighted by molar-refractivity contribution is 5.98. The number of hydrogen-bond acceptors (Lipinski definition) is 5. The molecule has 2 N–H and O–H groups in total. The SMILES string of the molecule is CCOc1ccc(C(=O)NC(C)(COC)C(=O)O)cc1OC. The van der Waals surface area contributed by atoms with Crippen LogP contribution in [0.1, 0.15) is 24.2 Å².